The third-order valence-electron chi connectivity index (χ3n) is 2.51. The maximum atomic E-state index is 11.4. The van der Waals surface area contributed by atoms with Gasteiger partial charge in [-0.1, -0.05) is 6.92 Å². The van der Waals surface area contributed by atoms with Gasteiger partial charge in [-0.25, -0.2) is 0 Å². The van der Waals surface area contributed by atoms with Gasteiger partial charge in [0.1, 0.15) is 11.5 Å². The standard InChI is InChI=1S/C13H15NO3/c1-3-4-13(15)17-9-7-11-10(5-6-14-11)12(8-9)16-2/h5-8,14H,3-4H2,1-2H3. The number of aromatic nitrogens is 1. The van der Waals surface area contributed by atoms with Crippen LogP contribution in [-0.4, -0.2) is 18.1 Å². The predicted molar refractivity (Wildman–Crippen MR) is 65.4 cm³/mol. The molecule has 1 heterocycles. The van der Waals surface area contributed by atoms with Crippen molar-refractivity contribution in [1.29, 1.82) is 0 Å². The summed E-state index contributed by atoms with van der Waals surface area (Å²) in [7, 11) is 1.60. The second-order valence-electron chi connectivity index (χ2n) is 3.79. The number of ether oxygens (including phenoxy) is 2. The second-order valence-corrected chi connectivity index (χ2v) is 3.79. The van der Waals surface area contributed by atoms with Crippen LogP contribution >= 0.6 is 0 Å². The number of aromatic amines is 1. The SMILES string of the molecule is CCCC(=O)Oc1cc(OC)c2cc[nH]c2c1. The monoisotopic (exact) mass is 233 g/mol. The van der Waals surface area contributed by atoms with E-state index in [1.165, 1.54) is 0 Å². The highest BCUT2D eigenvalue weighted by atomic mass is 16.5. The molecule has 0 amide bonds. The fourth-order valence-corrected chi connectivity index (χ4v) is 1.72. The van der Waals surface area contributed by atoms with Crippen LogP contribution in [0.1, 0.15) is 19.8 Å². The van der Waals surface area contributed by atoms with Crippen LogP contribution in [0, 0.1) is 0 Å². The highest BCUT2D eigenvalue weighted by Gasteiger charge is 2.09. The maximum Gasteiger partial charge on any atom is 0.311 e. The quantitative estimate of drug-likeness (QED) is 0.652. The fraction of sp³-hybridized carbons (Fsp3) is 0.308. The van der Waals surface area contributed by atoms with E-state index in [4.69, 9.17) is 9.47 Å². The molecule has 0 atom stereocenters. The van der Waals surface area contributed by atoms with Crippen LogP contribution in [0.4, 0.5) is 0 Å². The van der Waals surface area contributed by atoms with Crippen LogP contribution in [0.25, 0.3) is 10.9 Å². The number of hydrogen-bond acceptors (Lipinski definition) is 3. The summed E-state index contributed by atoms with van der Waals surface area (Å²) in [5, 5.41) is 0.975. The first-order valence-corrected chi connectivity index (χ1v) is 5.60. The summed E-state index contributed by atoms with van der Waals surface area (Å²) in [4.78, 5) is 14.5. The van der Waals surface area contributed by atoms with Crippen molar-refractivity contribution >= 4 is 16.9 Å². The second kappa shape index (κ2) is 4.91. The molecule has 4 nitrogen and oxygen atoms in total. The Balaban J connectivity index is 2.31. The molecule has 0 fully saturated rings. The van der Waals surface area contributed by atoms with Gasteiger partial charge in [-0.3, -0.25) is 4.79 Å². The number of H-pyrrole nitrogens is 1. The van der Waals surface area contributed by atoms with E-state index in [0.717, 1.165) is 17.3 Å². The van der Waals surface area contributed by atoms with Crippen LogP contribution in [0.3, 0.4) is 0 Å². The molecule has 0 spiro atoms. The van der Waals surface area contributed by atoms with E-state index in [1.807, 2.05) is 19.2 Å². The first-order chi connectivity index (χ1) is 8.24. The Morgan fingerprint density at radius 3 is 2.94 bits per heavy atom. The lowest BCUT2D eigenvalue weighted by Gasteiger charge is -2.07. The van der Waals surface area contributed by atoms with E-state index >= 15 is 0 Å². The molecular weight excluding hydrogens is 218 g/mol. The molecule has 2 rings (SSSR count). The molecule has 2 aromatic rings. The Labute approximate surface area is 99.5 Å². The first-order valence-electron chi connectivity index (χ1n) is 5.60. The molecular formula is C13H15NO3. The van der Waals surface area contributed by atoms with Crippen LogP contribution < -0.4 is 9.47 Å². The van der Waals surface area contributed by atoms with E-state index in [-0.39, 0.29) is 5.97 Å². The summed E-state index contributed by atoms with van der Waals surface area (Å²) in [5.74, 6) is 0.985. The van der Waals surface area contributed by atoms with E-state index in [2.05, 4.69) is 4.98 Å². The molecule has 0 saturated carbocycles. The van der Waals surface area contributed by atoms with Crippen molar-refractivity contribution < 1.29 is 14.3 Å². The predicted octanol–water partition coefficient (Wildman–Crippen LogP) is 2.88. The Morgan fingerprint density at radius 1 is 1.41 bits per heavy atom. The van der Waals surface area contributed by atoms with Gasteiger partial charge in [0.15, 0.2) is 0 Å². The summed E-state index contributed by atoms with van der Waals surface area (Å²) in [5.41, 5.74) is 0.892. The molecule has 4 heteroatoms. The topological polar surface area (TPSA) is 51.3 Å². The van der Waals surface area contributed by atoms with Gasteiger partial charge in [-0.15, -0.1) is 0 Å². The zero-order valence-corrected chi connectivity index (χ0v) is 9.95. The van der Waals surface area contributed by atoms with Gasteiger partial charge < -0.3 is 14.5 Å². The van der Waals surface area contributed by atoms with E-state index < -0.39 is 0 Å². The van der Waals surface area contributed by atoms with Crippen molar-refractivity contribution in [1.82, 2.24) is 4.98 Å². The number of benzene rings is 1. The zero-order chi connectivity index (χ0) is 12.3. The summed E-state index contributed by atoms with van der Waals surface area (Å²) >= 11 is 0. The van der Waals surface area contributed by atoms with Crippen LogP contribution in [0.5, 0.6) is 11.5 Å². The molecule has 0 aliphatic rings. The van der Waals surface area contributed by atoms with E-state index in [0.29, 0.717) is 17.9 Å². The number of methoxy groups -OCH3 is 1. The number of rotatable bonds is 4. The minimum absolute atomic E-state index is 0.222. The van der Waals surface area contributed by atoms with Crippen molar-refractivity contribution in [3.05, 3.63) is 24.4 Å². The number of nitrogens with one attached hydrogen (secondary N) is 1. The molecule has 0 aliphatic carbocycles. The smallest absolute Gasteiger partial charge is 0.311 e. The van der Waals surface area contributed by atoms with Crippen molar-refractivity contribution in [2.75, 3.05) is 7.11 Å². The van der Waals surface area contributed by atoms with Crippen molar-refractivity contribution in [3.63, 3.8) is 0 Å². The lowest BCUT2D eigenvalue weighted by atomic mass is 10.2. The van der Waals surface area contributed by atoms with Crippen molar-refractivity contribution in [2.45, 2.75) is 19.8 Å². The van der Waals surface area contributed by atoms with Crippen LogP contribution in [0.2, 0.25) is 0 Å². The normalized spacial score (nSPS) is 10.5. The number of carbonyl (C=O) groups excluding carboxylic acids is 1. The number of esters is 1. The van der Waals surface area contributed by atoms with Crippen LogP contribution in [-0.2, 0) is 4.79 Å². The van der Waals surface area contributed by atoms with Gasteiger partial charge in [-0.05, 0) is 12.5 Å². The lowest BCUT2D eigenvalue weighted by Crippen LogP contribution is -2.06. The number of fused-ring (bicyclic) bond motifs is 1. The third-order valence-corrected chi connectivity index (χ3v) is 2.51. The molecule has 0 bridgehead atoms. The van der Waals surface area contributed by atoms with Crippen molar-refractivity contribution in [3.8, 4) is 11.5 Å². The first kappa shape index (κ1) is 11.5. The molecule has 1 aromatic heterocycles. The van der Waals surface area contributed by atoms with Gasteiger partial charge in [0, 0.05) is 30.1 Å². The minimum atomic E-state index is -0.222. The maximum absolute atomic E-state index is 11.4. The molecule has 0 saturated heterocycles. The Morgan fingerprint density at radius 2 is 2.24 bits per heavy atom. The zero-order valence-electron chi connectivity index (χ0n) is 9.95. The summed E-state index contributed by atoms with van der Waals surface area (Å²) in [6.07, 6.45) is 3.02. The number of carbonyl (C=O) groups is 1. The molecule has 0 unspecified atom stereocenters. The van der Waals surface area contributed by atoms with Gasteiger partial charge in [0.2, 0.25) is 0 Å². The minimum Gasteiger partial charge on any atom is -0.496 e. The average Bonchev–Trinajstić information content (AvgIpc) is 2.76. The van der Waals surface area contributed by atoms with Gasteiger partial charge in [0.05, 0.1) is 12.6 Å². The average molecular weight is 233 g/mol. The van der Waals surface area contributed by atoms with E-state index in [1.54, 1.807) is 19.2 Å². The highest BCUT2D eigenvalue weighted by Crippen LogP contribution is 2.30. The summed E-state index contributed by atoms with van der Waals surface area (Å²) < 4.78 is 10.5. The van der Waals surface area contributed by atoms with Gasteiger partial charge in [0.25, 0.3) is 0 Å². The van der Waals surface area contributed by atoms with E-state index in [9.17, 15) is 4.79 Å². The summed E-state index contributed by atoms with van der Waals surface area (Å²) in [6, 6.07) is 5.45. The largest absolute Gasteiger partial charge is 0.496 e. The van der Waals surface area contributed by atoms with Crippen molar-refractivity contribution in [2.24, 2.45) is 0 Å². The Bertz CT molecular complexity index is 530. The Kier molecular flexibility index (Phi) is 3.32. The third kappa shape index (κ3) is 2.41. The molecule has 1 aromatic carbocycles. The Hall–Kier alpha value is -1.97. The number of hydrogen-bond donors (Lipinski definition) is 1. The highest BCUT2D eigenvalue weighted by molar-refractivity contribution is 5.88. The lowest BCUT2D eigenvalue weighted by molar-refractivity contribution is -0.134. The fourth-order valence-electron chi connectivity index (χ4n) is 1.72. The summed E-state index contributed by atoms with van der Waals surface area (Å²) in [6.45, 7) is 1.94. The van der Waals surface area contributed by atoms with Gasteiger partial charge in [-0.2, -0.15) is 0 Å². The molecule has 17 heavy (non-hydrogen) atoms. The molecule has 0 aliphatic heterocycles. The molecule has 0 radical (unpaired) electrons. The van der Waals surface area contributed by atoms with Gasteiger partial charge >= 0.3 is 5.97 Å². The molecule has 1 N–H and O–H groups in total. The van der Waals surface area contributed by atoms with Crippen LogP contribution in [0.15, 0.2) is 24.4 Å². The molecule has 90 valence electrons.